The summed E-state index contributed by atoms with van der Waals surface area (Å²) in [7, 11) is 0. The summed E-state index contributed by atoms with van der Waals surface area (Å²) in [5.41, 5.74) is 3.43. The van der Waals surface area contributed by atoms with Gasteiger partial charge in [-0.05, 0) is 36.8 Å². The van der Waals surface area contributed by atoms with E-state index in [1.54, 1.807) is 22.8 Å². The van der Waals surface area contributed by atoms with E-state index < -0.39 is 0 Å². The highest BCUT2D eigenvalue weighted by Gasteiger charge is 2.25. The molecule has 0 saturated carbocycles. The Morgan fingerprint density at radius 1 is 0.969 bits per heavy atom. The van der Waals surface area contributed by atoms with Gasteiger partial charge >= 0.3 is 0 Å². The fourth-order valence-corrected chi connectivity index (χ4v) is 4.18. The predicted octanol–water partition coefficient (Wildman–Crippen LogP) is 4.37. The van der Waals surface area contributed by atoms with E-state index in [-0.39, 0.29) is 5.91 Å². The second-order valence-corrected chi connectivity index (χ2v) is 8.49. The highest BCUT2D eigenvalue weighted by molar-refractivity contribution is 6.42. The van der Waals surface area contributed by atoms with Crippen LogP contribution in [0.3, 0.4) is 0 Å². The van der Waals surface area contributed by atoms with Crippen LogP contribution >= 0.6 is 23.2 Å². The van der Waals surface area contributed by atoms with E-state index >= 15 is 0 Å². The molecule has 2 aromatic heterocycles. The van der Waals surface area contributed by atoms with Crippen molar-refractivity contribution in [2.75, 3.05) is 31.1 Å². The summed E-state index contributed by atoms with van der Waals surface area (Å²) >= 11 is 12.3. The van der Waals surface area contributed by atoms with Gasteiger partial charge < -0.3 is 9.80 Å². The molecule has 0 bridgehead atoms. The highest BCUT2D eigenvalue weighted by Crippen LogP contribution is 2.29. The van der Waals surface area contributed by atoms with Crippen LogP contribution in [-0.2, 0) is 0 Å². The van der Waals surface area contributed by atoms with Crippen molar-refractivity contribution in [3.05, 3.63) is 75.9 Å². The lowest BCUT2D eigenvalue weighted by Gasteiger charge is -2.34. The number of rotatable bonds is 3. The molecule has 1 saturated heterocycles. The second-order valence-electron chi connectivity index (χ2n) is 7.68. The van der Waals surface area contributed by atoms with Gasteiger partial charge in [-0.1, -0.05) is 47.5 Å². The van der Waals surface area contributed by atoms with E-state index in [1.165, 1.54) is 0 Å². The Morgan fingerprint density at radius 3 is 2.50 bits per heavy atom. The molecule has 1 fully saturated rings. The first-order valence-corrected chi connectivity index (χ1v) is 11.0. The Balaban J connectivity index is 1.37. The third-order valence-corrected chi connectivity index (χ3v) is 6.41. The smallest absolute Gasteiger partial charge is 0.254 e. The number of carbonyl (C=O) groups is 1. The van der Waals surface area contributed by atoms with E-state index in [9.17, 15) is 4.79 Å². The zero-order chi connectivity index (χ0) is 22.2. The van der Waals surface area contributed by atoms with E-state index in [1.807, 2.05) is 48.2 Å². The quantitative estimate of drug-likeness (QED) is 0.448. The molecule has 4 aromatic rings. The fourth-order valence-electron chi connectivity index (χ4n) is 3.88. The van der Waals surface area contributed by atoms with Crippen LogP contribution in [0.15, 0.2) is 54.7 Å². The van der Waals surface area contributed by atoms with Gasteiger partial charge in [-0.2, -0.15) is 9.50 Å². The molecular formula is C23H20Cl2N6O. The normalized spacial score (nSPS) is 14.2. The van der Waals surface area contributed by atoms with Crippen molar-refractivity contribution in [1.29, 1.82) is 0 Å². The highest BCUT2D eigenvalue weighted by atomic mass is 35.5. The van der Waals surface area contributed by atoms with Gasteiger partial charge in [-0.3, -0.25) is 4.79 Å². The molecule has 1 amide bonds. The molecule has 0 radical (unpaired) electrons. The lowest BCUT2D eigenvalue weighted by Crippen LogP contribution is -2.49. The van der Waals surface area contributed by atoms with Crippen molar-refractivity contribution in [2.45, 2.75) is 6.92 Å². The molecule has 1 aliphatic heterocycles. The average Bonchev–Trinajstić information content (AvgIpc) is 3.25. The van der Waals surface area contributed by atoms with Crippen LogP contribution in [0.1, 0.15) is 15.9 Å². The standard InChI is InChI=1S/C23H20Cl2N6O/c1-15-4-2-3-5-17(15)21(32)29-10-12-30(13-11-29)23-27-22-26-9-8-20(31(22)28-23)16-6-7-18(24)19(25)14-16/h2-9,14H,10-13H2,1H3. The summed E-state index contributed by atoms with van der Waals surface area (Å²) in [6, 6.07) is 15.0. The third kappa shape index (κ3) is 3.78. The Morgan fingerprint density at radius 2 is 1.75 bits per heavy atom. The van der Waals surface area contributed by atoms with Crippen molar-refractivity contribution in [3.8, 4) is 11.3 Å². The maximum atomic E-state index is 12.9. The molecule has 0 atom stereocenters. The van der Waals surface area contributed by atoms with Gasteiger partial charge in [-0.25, -0.2) is 4.98 Å². The number of nitrogens with zero attached hydrogens (tertiary/aromatic N) is 6. The van der Waals surface area contributed by atoms with Gasteiger partial charge in [0.2, 0.25) is 5.95 Å². The summed E-state index contributed by atoms with van der Waals surface area (Å²) < 4.78 is 1.71. The number of hydrogen-bond acceptors (Lipinski definition) is 5. The van der Waals surface area contributed by atoms with Crippen LogP contribution in [0, 0.1) is 6.92 Å². The predicted molar refractivity (Wildman–Crippen MR) is 126 cm³/mol. The molecule has 5 rings (SSSR count). The van der Waals surface area contributed by atoms with Crippen molar-refractivity contribution < 1.29 is 4.79 Å². The minimum Gasteiger partial charge on any atom is -0.336 e. The first-order chi connectivity index (χ1) is 15.5. The Hall–Kier alpha value is -3.16. The molecule has 0 N–H and O–H groups in total. The number of carbonyl (C=O) groups excluding carboxylic acids is 1. The Bertz CT molecular complexity index is 1310. The van der Waals surface area contributed by atoms with Crippen LogP contribution in [0.2, 0.25) is 10.0 Å². The van der Waals surface area contributed by atoms with Gasteiger partial charge in [0, 0.05) is 43.5 Å². The first-order valence-electron chi connectivity index (χ1n) is 10.3. The van der Waals surface area contributed by atoms with Crippen LogP contribution in [0.4, 0.5) is 5.95 Å². The summed E-state index contributed by atoms with van der Waals surface area (Å²) in [5.74, 6) is 1.16. The maximum absolute atomic E-state index is 12.9. The SMILES string of the molecule is Cc1ccccc1C(=O)N1CCN(c2nc3nccc(-c4ccc(Cl)c(Cl)c4)n3n2)CC1. The van der Waals surface area contributed by atoms with Gasteiger partial charge in [0.1, 0.15) is 0 Å². The molecule has 0 aliphatic carbocycles. The van der Waals surface area contributed by atoms with Crippen LogP contribution < -0.4 is 4.90 Å². The number of fused-ring (bicyclic) bond motifs is 1. The number of amides is 1. The number of aryl methyl sites for hydroxylation is 1. The topological polar surface area (TPSA) is 66.6 Å². The average molecular weight is 467 g/mol. The number of piperazine rings is 1. The van der Waals surface area contributed by atoms with Gasteiger partial charge in [-0.15, -0.1) is 5.10 Å². The largest absolute Gasteiger partial charge is 0.336 e. The van der Waals surface area contributed by atoms with Crippen molar-refractivity contribution in [1.82, 2.24) is 24.5 Å². The molecule has 162 valence electrons. The summed E-state index contributed by atoms with van der Waals surface area (Å²) in [5, 5.41) is 5.67. The van der Waals surface area contributed by atoms with E-state index in [0.29, 0.717) is 48.0 Å². The van der Waals surface area contributed by atoms with E-state index in [4.69, 9.17) is 28.3 Å². The number of benzene rings is 2. The molecule has 0 spiro atoms. The van der Waals surface area contributed by atoms with Crippen LogP contribution in [0.25, 0.3) is 17.0 Å². The zero-order valence-electron chi connectivity index (χ0n) is 17.4. The van der Waals surface area contributed by atoms with Crippen LogP contribution in [0.5, 0.6) is 0 Å². The molecule has 7 nitrogen and oxygen atoms in total. The fraction of sp³-hybridized carbons (Fsp3) is 0.217. The molecule has 1 aliphatic rings. The summed E-state index contributed by atoms with van der Waals surface area (Å²) in [6.07, 6.45) is 1.70. The lowest BCUT2D eigenvalue weighted by atomic mass is 10.1. The van der Waals surface area contributed by atoms with E-state index in [2.05, 4.69) is 14.9 Å². The molecule has 0 unspecified atom stereocenters. The van der Waals surface area contributed by atoms with Gasteiger partial charge in [0.25, 0.3) is 11.7 Å². The number of hydrogen-bond donors (Lipinski definition) is 0. The van der Waals surface area contributed by atoms with Gasteiger partial charge in [0.15, 0.2) is 0 Å². The number of anilines is 1. The summed E-state index contributed by atoms with van der Waals surface area (Å²) in [4.78, 5) is 25.8. The Kier molecular flexibility index (Phi) is 5.45. The summed E-state index contributed by atoms with van der Waals surface area (Å²) in [6.45, 7) is 4.47. The second kappa shape index (κ2) is 8.41. The monoisotopic (exact) mass is 466 g/mol. The van der Waals surface area contributed by atoms with Crippen LogP contribution in [-0.4, -0.2) is 56.6 Å². The van der Waals surface area contributed by atoms with Crippen molar-refractivity contribution in [2.24, 2.45) is 0 Å². The van der Waals surface area contributed by atoms with Crippen molar-refractivity contribution >= 4 is 40.8 Å². The molecule has 32 heavy (non-hydrogen) atoms. The molecular weight excluding hydrogens is 447 g/mol. The molecule has 3 heterocycles. The van der Waals surface area contributed by atoms with Crippen molar-refractivity contribution in [3.63, 3.8) is 0 Å². The first kappa shape index (κ1) is 20.7. The lowest BCUT2D eigenvalue weighted by molar-refractivity contribution is 0.0745. The number of halogens is 2. The number of aromatic nitrogens is 4. The molecule has 2 aromatic carbocycles. The minimum atomic E-state index is 0.0641. The minimum absolute atomic E-state index is 0.0641. The Labute approximate surface area is 195 Å². The molecule has 9 heteroatoms. The zero-order valence-corrected chi connectivity index (χ0v) is 18.9. The maximum Gasteiger partial charge on any atom is 0.254 e. The third-order valence-electron chi connectivity index (χ3n) is 5.67. The van der Waals surface area contributed by atoms with E-state index in [0.717, 1.165) is 22.4 Å². The van der Waals surface area contributed by atoms with Gasteiger partial charge in [0.05, 0.1) is 15.7 Å².